The second kappa shape index (κ2) is 4.46. The monoisotopic (exact) mass is 243 g/mol. The summed E-state index contributed by atoms with van der Waals surface area (Å²) >= 11 is 0. The van der Waals surface area contributed by atoms with E-state index in [0.29, 0.717) is 6.04 Å². The summed E-state index contributed by atoms with van der Waals surface area (Å²) in [6.45, 7) is 4.53. The van der Waals surface area contributed by atoms with Crippen molar-refractivity contribution in [1.82, 2.24) is 15.2 Å². The second-order valence-electron chi connectivity index (χ2n) is 4.85. The molecule has 2 aromatic rings. The molecule has 0 unspecified atom stereocenters. The number of benzene rings is 1. The Labute approximate surface area is 106 Å². The number of aromatic nitrogens is 1. The van der Waals surface area contributed by atoms with E-state index in [1.54, 1.807) is 0 Å². The summed E-state index contributed by atoms with van der Waals surface area (Å²) in [7, 11) is 0. The van der Waals surface area contributed by atoms with Gasteiger partial charge in [-0.25, -0.2) is 0 Å². The van der Waals surface area contributed by atoms with Crippen LogP contribution in [0.4, 0.5) is 0 Å². The quantitative estimate of drug-likeness (QED) is 0.799. The largest absolute Gasteiger partial charge is 0.361 e. The maximum atomic E-state index is 12.5. The lowest BCUT2D eigenvalue weighted by Gasteiger charge is -2.32. The average Bonchev–Trinajstić information content (AvgIpc) is 2.86. The van der Waals surface area contributed by atoms with E-state index >= 15 is 0 Å². The topological polar surface area (TPSA) is 48.1 Å². The minimum absolute atomic E-state index is 0.122. The molecule has 1 aliphatic heterocycles. The number of aromatic amines is 1. The smallest absolute Gasteiger partial charge is 0.256 e. The molecular weight excluding hydrogens is 226 g/mol. The van der Waals surface area contributed by atoms with Crippen LogP contribution >= 0.6 is 0 Å². The van der Waals surface area contributed by atoms with E-state index in [2.05, 4.69) is 17.2 Å². The number of piperazine rings is 1. The molecule has 1 amide bonds. The van der Waals surface area contributed by atoms with E-state index in [1.165, 1.54) is 0 Å². The van der Waals surface area contributed by atoms with Gasteiger partial charge in [0.05, 0.1) is 11.1 Å². The summed E-state index contributed by atoms with van der Waals surface area (Å²) in [5.41, 5.74) is 1.71. The molecular formula is C14H17N3O. The highest BCUT2D eigenvalue weighted by atomic mass is 16.2. The number of fused-ring (bicyclic) bond motifs is 1. The summed E-state index contributed by atoms with van der Waals surface area (Å²) < 4.78 is 0. The fourth-order valence-corrected chi connectivity index (χ4v) is 2.55. The summed E-state index contributed by atoms with van der Waals surface area (Å²) in [4.78, 5) is 17.6. The fraction of sp³-hybridized carbons (Fsp3) is 0.357. The highest BCUT2D eigenvalue weighted by Crippen LogP contribution is 2.19. The zero-order chi connectivity index (χ0) is 12.5. The Kier molecular flexibility index (Phi) is 2.80. The third-order valence-corrected chi connectivity index (χ3v) is 3.47. The lowest BCUT2D eigenvalue weighted by molar-refractivity contribution is 0.0711. The van der Waals surface area contributed by atoms with Crippen molar-refractivity contribution in [3.8, 4) is 0 Å². The number of carbonyl (C=O) groups excluding carboxylic acids is 1. The van der Waals surface area contributed by atoms with Crippen molar-refractivity contribution < 1.29 is 4.79 Å². The van der Waals surface area contributed by atoms with Gasteiger partial charge in [-0.1, -0.05) is 12.1 Å². The first-order valence-electron chi connectivity index (χ1n) is 6.34. The zero-order valence-corrected chi connectivity index (χ0v) is 10.4. The molecule has 2 N–H and O–H groups in total. The highest BCUT2D eigenvalue weighted by molar-refractivity contribution is 6.05. The van der Waals surface area contributed by atoms with Gasteiger partial charge in [0.25, 0.3) is 5.91 Å². The predicted octanol–water partition coefficient (Wildman–Crippen LogP) is 1.60. The molecule has 0 bridgehead atoms. The van der Waals surface area contributed by atoms with Crippen molar-refractivity contribution in [3.05, 3.63) is 36.0 Å². The van der Waals surface area contributed by atoms with Gasteiger partial charge in [0, 0.05) is 37.3 Å². The van der Waals surface area contributed by atoms with Gasteiger partial charge in [-0.3, -0.25) is 4.79 Å². The molecule has 3 rings (SSSR count). The average molecular weight is 243 g/mol. The van der Waals surface area contributed by atoms with Crippen LogP contribution in [0.25, 0.3) is 10.9 Å². The van der Waals surface area contributed by atoms with Crippen molar-refractivity contribution in [2.45, 2.75) is 13.0 Å². The summed E-state index contributed by atoms with van der Waals surface area (Å²) in [5, 5.41) is 4.44. The first-order valence-corrected chi connectivity index (χ1v) is 6.34. The molecule has 0 aliphatic carbocycles. The van der Waals surface area contributed by atoms with Gasteiger partial charge in [-0.15, -0.1) is 0 Å². The van der Waals surface area contributed by atoms with Crippen LogP contribution in [-0.4, -0.2) is 41.5 Å². The molecule has 94 valence electrons. The van der Waals surface area contributed by atoms with E-state index in [9.17, 15) is 4.79 Å². The van der Waals surface area contributed by atoms with Gasteiger partial charge in [-0.05, 0) is 19.1 Å². The van der Waals surface area contributed by atoms with Gasteiger partial charge >= 0.3 is 0 Å². The molecule has 1 aromatic heterocycles. The first-order chi connectivity index (χ1) is 8.75. The normalized spacial score (nSPS) is 20.3. The number of amides is 1. The summed E-state index contributed by atoms with van der Waals surface area (Å²) in [6, 6.07) is 8.21. The Bertz CT molecular complexity index is 575. The molecule has 0 spiro atoms. The third-order valence-electron chi connectivity index (χ3n) is 3.47. The molecule has 0 radical (unpaired) electrons. The van der Waals surface area contributed by atoms with E-state index < -0.39 is 0 Å². The Morgan fingerprint density at radius 3 is 3.11 bits per heavy atom. The number of hydrogen-bond acceptors (Lipinski definition) is 2. The zero-order valence-electron chi connectivity index (χ0n) is 10.4. The lowest BCUT2D eigenvalue weighted by atomic mass is 10.1. The molecule has 2 heterocycles. The van der Waals surface area contributed by atoms with Crippen LogP contribution in [0.1, 0.15) is 17.3 Å². The van der Waals surface area contributed by atoms with E-state index in [4.69, 9.17) is 0 Å². The number of rotatable bonds is 1. The first kappa shape index (κ1) is 11.3. The van der Waals surface area contributed by atoms with Crippen LogP contribution in [0.2, 0.25) is 0 Å². The number of H-pyrrole nitrogens is 1. The molecule has 1 aromatic carbocycles. The Hall–Kier alpha value is -1.81. The molecule has 1 atom stereocenters. The van der Waals surface area contributed by atoms with Gasteiger partial charge in [-0.2, -0.15) is 0 Å². The van der Waals surface area contributed by atoms with Crippen molar-refractivity contribution >= 4 is 16.8 Å². The van der Waals surface area contributed by atoms with E-state index in [-0.39, 0.29) is 5.91 Å². The van der Waals surface area contributed by atoms with Crippen molar-refractivity contribution in [2.24, 2.45) is 0 Å². The lowest BCUT2D eigenvalue weighted by Crippen LogP contribution is -2.51. The maximum Gasteiger partial charge on any atom is 0.256 e. The Morgan fingerprint density at radius 1 is 1.39 bits per heavy atom. The molecule has 4 heteroatoms. The Morgan fingerprint density at radius 2 is 2.28 bits per heavy atom. The van der Waals surface area contributed by atoms with Crippen LogP contribution in [0, 0.1) is 0 Å². The summed E-state index contributed by atoms with van der Waals surface area (Å²) in [6.07, 6.45) is 1.88. The number of carbonyl (C=O) groups is 1. The Balaban J connectivity index is 1.94. The number of nitrogens with zero attached hydrogens (tertiary/aromatic N) is 1. The molecule has 1 aliphatic rings. The second-order valence-corrected chi connectivity index (χ2v) is 4.85. The fourth-order valence-electron chi connectivity index (χ4n) is 2.55. The minimum Gasteiger partial charge on any atom is -0.361 e. The van der Waals surface area contributed by atoms with Crippen LogP contribution in [0.3, 0.4) is 0 Å². The molecule has 1 saturated heterocycles. The van der Waals surface area contributed by atoms with Crippen LogP contribution < -0.4 is 5.32 Å². The standard InChI is InChI=1S/C14H17N3O/c1-10-9-17(8-7-15-10)14(18)12-4-2-3-11-5-6-16-13(11)12/h2-6,10,15-16H,7-9H2,1H3/t10-/m1/s1. The summed E-state index contributed by atoms with van der Waals surface area (Å²) in [5.74, 6) is 0.122. The number of para-hydroxylation sites is 1. The molecule has 1 fully saturated rings. The predicted molar refractivity (Wildman–Crippen MR) is 71.7 cm³/mol. The van der Waals surface area contributed by atoms with E-state index in [0.717, 1.165) is 36.1 Å². The SMILES string of the molecule is C[C@@H]1CN(C(=O)c2cccc3cc[nH]c23)CCN1. The van der Waals surface area contributed by atoms with Gasteiger partial charge in [0.1, 0.15) is 0 Å². The maximum absolute atomic E-state index is 12.5. The van der Waals surface area contributed by atoms with Crippen molar-refractivity contribution in [2.75, 3.05) is 19.6 Å². The number of nitrogens with one attached hydrogen (secondary N) is 2. The van der Waals surface area contributed by atoms with Crippen LogP contribution in [0.15, 0.2) is 30.5 Å². The molecule has 0 saturated carbocycles. The minimum atomic E-state index is 0.122. The highest BCUT2D eigenvalue weighted by Gasteiger charge is 2.22. The molecule has 4 nitrogen and oxygen atoms in total. The number of hydrogen-bond donors (Lipinski definition) is 2. The van der Waals surface area contributed by atoms with Gasteiger partial charge in [0.15, 0.2) is 0 Å². The van der Waals surface area contributed by atoms with Crippen molar-refractivity contribution in [1.29, 1.82) is 0 Å². The van der Waals surface area contributed by atoms with Gasteiger partial charge < -0.3 is 15.2 Å². The van der Waals surface area contributed by atoms with Crippen LogP contribution in [-0.2, 0) is 0 Å². The molecule has 18 heavy (non-hydrogen) atoms. The van der Waals surface area contributed by atoms with E-state index in [1.807, 2.05) is 35.4 Å². The van der Waals surface area contributed by atoms with Crippen LogP contribution in [0.5, 0.6) is 0 Å². The third kappa shape index (κ3) is 1.88. The van der Waals surface area contributed by atoms with Gasteiger partial charge in [0.2, 0.25) is 0 Å². The van der Waals surface area contributed by atoms with Crippen molar-refractivity contribution in [3.63, 3.8) is 0 Å².